The monoisotopic (exact) mass is 266 g/mol. The van der Waals surface area contributed by atoms with Crippen LogP contribution in [0.15, 0.2) is 22.7 Å². The van der Waals surface area contributed by atoms with Gasteiger partial charge >= 0.3 is 5.97 Å². The summed E-state index contributed by atoms with van der Waals surface area (Å²) in [5, 5.41) is 12.4. The number of nitrogens with zero attached hydrogens (tertiary/aromatic N) is 2. The minimum Gasteiger partial charge on any atom is -0.485 e. The summed E-state index contributed by atoms with van der Waals surface area (Å²) < 4.78 is 23.5. The SMILES string of the molecule is CCc1nc(COc2ccc(C(=O)O)c(F)c2)no1. The van der Waals surface area contributed by atoms with Crippen LogP contribution in [0.5, 0.6) is 5.75 Å². The third kappa shape index (κ3) is 3.06. The molecule has 1 heterocycles. The van der Waals surface area contributed by atoms with E-state index in [9.17, 15) is 9.18 Å². The van der Waals surface area contributed by atoms with Gasteiger partial charge in [-0.25, -0.2) is 9.18 Å². The van der Waals surface area contributed by atoms with Crippen molar-refractivity contribution in [1.29, 1.82) is 0 Å². The Bertz CT molecular complexity index is 597. The zero-order valence-electron chi connectivity index (χ0n) is 10.1. The number of benzene rings is 1. The summed E-state index contributed by atoms with van der Waals surface area (Å²) >= 11 is 0. The van der Waals surface area contributed by atoms with Gasteiger partial charge in [-0.1, -0.05) is 12.1 Å². The number of carboxylic acids is 1. The van der Waals surface area contributed by atoms with E-state index in [1.54, 1.807) is 0 Å². The van der Waals surface area contributed by atoms with E-state index in [1.165, 1.54) is 6.07 Å². The lowest BCUT2D eigenvalue weighted by Crippen LogP contribution is -2.02. The first kappa shape index (κ1) is 13.0. The zero-order valence-corrected chi connectivity index (χ0v) is 10.1. The average molecular weight is 266 g/mol. The van der Waals surface area contributed by atoms with E-state index in [0.717, 1.165) is 12.1 Å². The molecule has 0 atom stereocenters. The lowest BCUT2D eigenvalue weighted by molar-refractivity contribution is 0.0692. The highest BCUT2D eigenvalue weighted by Gasteiger charge is 2.11. The van der Waals surface area contributed by atoms with Gasteiger partial charge in [0.15, 0.2) is 6.61 Å². The van der Waals surface area contributed by atoms with Crippen molar-refractivity contribution in [2.24, 2.45) is 0 Å². The second-order valence-corrected chi connectivity index (χ2v) is 3.69. The molecule has 0 aliphatic carbocycles. The minimum atomic E-state index is -1.32. The molecule has 0 fully saturated rings. The number of aromatic nitrogens is 2. The minimum absolute atomic E-state index is 0.0232. The summed E-state index contributed by atoms with van der Waals surface area (Å²) in [4.78, 5) is 14.7. The Balaban J connectivity index is 2.03. The first-order chi connectivity index (χ1) is 9.10. The second-order valence-electron chi connectivity index (χ2n) is 3.69. The zero-order chi connectivity index (χ0) is 13.8. The Labute approximate surface area is 107 Å². The highest BCUT2D eigenvalue weighted by Crippen LogP contribution is 2.17. The maximum atomic E-state index is 13.4. The molecule has 0 amide bonds. The van der Waals surface area contributed by atoms with Gasteiger partial charge < -0.3 is 14.4 Å². The normalized spacial score (nSPS) is 10.4. The number of aromatic carboxylic acids is 1. The van der Waals surface area contributed by atoms with Crippen molar-refractivity contribution in [2.45, 2.75) is 20.0 Å². The van der Waals surface area contributed by atoms with Crippen LogP contribution in [0.1, 0.15) is 29.0 Å². The quantitative estimate of drug-likeness (QED) is 0.891. The van der Waals surface area contributed by atoms with Crippen LogP contribution in [0, 0.1) is 5.82 Å². The molecular formula is C12H11FN2O4. The van der Waals surface area contributed by atoms with E-state index in [4.69, 9.17) is 14.4 Å². The molecule has 2 aromatic rings. The molecule has 7 heteroatoms. The fourth-order valence-electron chi connectivity index (χ4n) is 1.40. The number of halogens is 1. The summed E-state index contributed by atoms with van der Waals surface area (Å²) in [5.74, 6) is -1.14. The number of hydrogen-bond acceptors (Lipinski definition) is 5. The third-order valence-corrected chi connectivity index (χ3v) is 2.35. The molecule has 19 heavy (non-hydrogen) atoms. The Hall–Kier alpha value is -2.44. The van der Waals surface area contributed by atoms with Crippen molar-refractivity contribution in [2.75, 3.05) is 0 Å². The van der Waals surface area contributed by atoms with Gasteiger partial charge in [0.05, 0.1) is 5.56 Å². The fraction of sp³-hybridized carbons (Fsp3) is 0.250. The van der Waals surface area contributed by atoms with Gasteiger partial charge in [0.1, 0.15) is 11.6 Å². The van der Waals surface area contributed by atoms with Crippen molar-refractivity contribution in [3.8, 4) is 5.75 Å². The molecule has 0 saturated carbocycles. The molecule has 0 aliphatic rings. The predicted molar refractivity (Wildman–Crippen MR) is 61.4 cm³/mol. The standard InChI is InChI=1S/C12H11FN2O4/c1-2-11-14-10(15-19-11)6-18-7-3-4-8(12(16)17)9(13)5-7/h3-5H,2,6H2,1H3,(H,16,17). The van der Waals surface area contributed by atoms with Gasteiger partial charge in [-0.3, -0.25) is 0 Å². The molecule has 1 aromatic heterocycles. The summed E-state index contributed by atoms with van der Waals surface area (Å²) in [7, 11) is 0. The van der Waals surface area contributed by atoms with E-state index < -0.39 is 17.3 Å². The summed E-state index contributed by atoms with van der Waals surface area (Å²) in [6.07, 6.45) is 0.620. The van der Waals surface area contributed by atoms with Crippen LogP contribution in [-0.4, -0.2) is 21.2 Å². The van der Waals surface area contributed by atoms with Crippen LogP contribution in [0.2, 0.25) is 0 Å². The van der Waals surface area contributed by atoms with Gasteiger partial charge in [0.25, 0.3) is 0 Å². The molecule has 0 spiro atoms. The first-order valence-electron chi connectivity index (χ1n) is 5.57. The topological polar surface area (TPSA) is 85.5 Å². The average Bonchev–Trinajstić information content (AvgIpc) is 2.84. The van der Waals surface area contributed by atoms with Gasteiger partial charge in [-0.15, -0.1) is 0 Å². The molecule has 1 aromatic carbocycles. The summed E-state index contributed by atoms with van der Waals surface area (Å²) in [6, 6.07) is 3.51. The summed E-state index contributed by atoms with van der Waals surface area (Å²) in [6.45, 7) is 1.90. The molecule has 0 bridgehead atoms. The van der Waals surface area contributed by atoms with E-state index in [2.05, 4.69) is 10.1 Å². The molecule has 2 rings (SSSR count). The molecule has 0 unspecified atom stereocenters. The molecule has 6 nitrogen and oxygen atoms in total. The fourth-order valence-corrected chi connectivity index (χ4v) is 1.40. The number of carbonyl (C=O) groups is 1. The van der Waals surface area contributed by atoms with Crippen LogP contribution in [0.25, 0.3) is 0 Å². The van der Waals surface area contributed by atoms with E-state index in [0.29, 0.717) is 18.1 Å². The summed E-state index contributed by atoms with van der Waals surface area (Å²) in [5.41, 5.74) is -0.403. The van der Waals surface area contributed by atoms with E-state index in [1.807, 2.05) is 6.92 Å². The van der Waals surface area contributed by atoms with Crippen molar-refractivity contribution >= 4 is 5.97 Å². The maximum Gasteiger partial charge on any atom is 0.338 e. The Morgan fingerprint density at radius 2 is 2.32 bits per heavy atom. The van der Waals surface area contributed by atoms with Gasteiger partial charge in [0, 0.05) is 12.5 Å². The molecular weight excluding hydrogens is 255 g/mol. The number of aryl methyl sites for hydroxylation is 1. The largest absolute Gasteiger partial charge is 0.485 e. The van der Waals surface area contributed by atoms with Crippen LogP contribution in [0.4, 0.5) is 4.39 Å². The van der Waals surface area contributed by atoms with Gasteiger partial charge in [0.2, 0.25) is 11.7 Å². The van der Waals surface area contributed by atoms with Crippen molar-refractivity contribution in [1.82, 2.24) is 10.1 Å². The second kappa shape index (κ2) is 5.47. The number of rotatable bonds is 5. The highest BCUT2D eigenvalue weighted by molar-refractivity contribution is 5.88. The number of ether oxygens (including phenoxy) is 1. The van der Waals surface area contributed by atoms with Gasteiger partial charge in [-0.05, 0) is 12.1 Å². The lowest BCUT2D eigenvalue weighted by Gasteiger charge is -2.04. The van der Waals surface area contributed by atoms with E-state index in [-0.39, 0.29) is 12.4 Å². The van der Waals surface area contributed by atoms with Crippen molar-refractivity contribution in [3.63, 3.8) is 0 Å². The third-order valence-electron chi connectivity index (χ3n) is 2.35. The first-order valence-corrected chi connectivity index (χ1v) is 5.57. The molecule has 100 valence electrons. The Kier molecular flexibility index (Phi) is 3.74. The predicted octanol–water partition coefficient (Wildman–Crippen LogP) is 2.05. The Morgan fingerprint density at radius 3 is 2.89 bits per heavy atom. The van der Waals surface area contributed by atoms with Crippen LogP contribution in [0.3, 0.4) is 0 Å². The van der Waals surface area contributed by atoms with Crippen molar-refractivity contribution < 1.29 is 23.6 Å². The van der Waals surface area contributed by atoms with Gasteiger partial charge in [-0.2, -0.15) is 4.98 Å². The molecule has 0 radical (unpaired) electrons. The van der Waals surface area contributed by atoms with Crippen molar-refractivity contribution in [3.05, 3.63) is 41.3 Å². The van der Waals surface area contributed by atoms with Crippen LogP contribution >= 0.6 is 0 Å². The van der Waals surface area contributed by atoms with Crippen LogP contribution in [-0.2, 0) is 13.0 Å². The highest BCUT2D eigenvalue weighted by atomic mass is 19.1. The number of hydrogen-bond donors (Lipinski definition) is 1. The van der Waals surface area contributed by atoms with Crippen LogP contribution < -0.4 is 4.74 Å². The number of carboxylic acid groups (broad SMARTS) is 1. The molecule has 1 N–H and O–H groups in total. The molecule has 0 aliphatic heterocycles. The lowest BCUT2D eigenvalue weighted by atomic mass is 10.2. The Morgan fingerprint density at radius 1 is 1.53 bits per heavy atom. The smallest absolute Gasteiger partial charge is 0.338 e. The molecule has 0 saturated heterocycles. The van der Waals surface area contributed by atoms with E-state index >= 15 is 0 Å². The maximum absolute atomic E-state index is 13.4.